The van der Waals surface area contributed by atoms with E-state index in [0.29, 0.717) is 12.0 Å². The lowest BCUT2D eigenvalue weighted by Crippen LogP contribution is -2.22. The maximum atomic E-state index is 11.1. The highest BCUT2D eigenvalue weighted by atomic mass is 16.6. The van der Waals surface area contributed by atoms with Crippen LogP contribution >= 0.6 is 0 Å². The van der Waals surface area contributed by atoms with Crippen LogP contribution in [0.4, 0.5) is 5.69 Å². The normalized spacial score (nSPS) is 12.3. The molecule has 0 aliphatic carbocycles. The minimum atomic E-state index is -0.342. The van der Waals surface area contributed by atoms with Crippen molar-refractivity contribution < 1.29 is 9.34 Å². The first-order valence-electron chi connectivity index (χ1n) is 6.63. The molecule has 106 valence electrons. The Morgan fingerprint density at radius 3 is 2.65 bits per heavy atom. The van der Waals surface area contributed by atoms with Crippen LogP contribution in [0.15, 0.2) is 40.8 Å². The number of nitro groups is 1. The summed E-state index contributed by atoms with van der Waals surface area (Å²) in [5, 5.41) is 14.4. The summed E-state index contributed by atoms with van der Waals surface area (Å²) in [5.41, 5.74) is 0.858. The minimum absolute atomic E-state index is 0.0604. The van der Waals surface area contributed by atoms with E-state index in [1.165, 1.54) is 6.07 Å². The van der Waals surface area contributed by atoms with Gasteiger partial charge in [-0.15, -0.1) is 0 Å². The van der Waals surface area contributed by atoms with Gasteiger partial charge in [0.25, 0.3) is 5.69 Å². The van der Waals surface area contributed by atoms with Crippen LogP contribution in [-0.4, -0.2) is 11.5 Å². The van der Waals surface area contributed by atoms with Gasteiger partial charge in [0.15, 0.2) is 0 Å². The van der Waals surface area contributed by atoms with E-state index in [4.69, 9.17) is 4.42 Å². The number of hydrogen-bond acceptors (Lipinski definition) is 4. The molecule has 2 aromatic rings. The first-order valence-corrected chi connectivity index (χ1v) is 6.63. The molecule has 0 spiro atoms. The largest absolute Gasteiger partial charge is 0.465 e. The molecule has 1 atom stereocenters. The average Bonchev–Trinajstić information content (AvgIpc) is 2.85. The van der Waals surface area contributed by atoms with Gasteiger partial charge >= 0.3 is 0 Å². The summed E-state index contributed by atoms with van der Waals surface area (Å²) in [7, 11) is 0. The number of furan rings is 1. The van der Waals surface area contributed by atoms with E-state index in [2.05, 4.69) is 5.32 Å². The Hall–Kier alpha value is -2.14. The monoisotopic (exact) mass is 274 g/mol. The van der Waals surface area contributed by atoms with Crippen molar-refractivity contribution in [3.63, 3.8) is 0 Å². The van der Waals surface area contributed by atoms with Crippen molar-refractivity contribution in [3.05, 3.63) is 63.6 Å². The predicted molar refractivity (Wildman–Crippen MR) is 76.7 cm³/mol. The summed E-state index contributed by atoms with van der Waals surface area (Å²) in [6, 6.07) is 10.6. The van der Waals surface area contributed by atoms with Gasteiger partial charge in [-0.3, -0.25) is 10.1 Å². The molecule has 2 rings (SSSR count). The number of likely N-dealkylation sites (N-methyl/N-ethyl adjacent to an activating group) is 1. The smallest absolute Gasteiger partial charge is 0.272 e. The molecule has 20 heavy (non-hydrogen) atoms. The van der Waals surface area contributed by atoms with E-state index < -0.39 is 0 Å². The Morgan fingerprint density at radius 1 is 1.30 bits per heavy atom. The summed E-state index contributed by atoms with van der Waals surface area (Å²) in [4.78, 5) is 10.7. The number of hydrogen-bond donors (Lipinski definition) is 1. The fourth-order valence-corrected chi connectivity index (χ4v) is 2.24. The van der Waals surface area contributed by atoms with Gasteiger partial charge in [-0.1, -0.05) is 25.1 Å². The molecule has 0 saturated heterocycles. The van der Waals surface area contributed by atoms with Crippen LogP contribution in [0, 0.1) is 17.0 Å². The lowest BCUT2D eigenvalue weighted by Gasteiger charge is -2.15. The maximum Gasteiger partial charge on any atom is 0.272 e. The van der Waals surface area contributed by atoms with Crippen molar-refractivity contribution in [2.24, 2.45) is 0 Å². The molecule has 1 aromatic carbocycles. The van der Waals surface area contributed by atoms with E-state index in [1.54, 1.807) is 12.1 Å². The topological polar surface area (TPSA) is 68.3 Å². The van der Waals surface area contributed by atoms with Gasteiger partial charge < -0.3 is 9.73 Å². The molecule has 0 bridgehead atoms. The lowest BCUT2D eigenvalue weighted by atomic mass is 10.0. The molecule has 5 nitrogen and oxygen atoms in total. The highest BCUT2D eigenvalue weighted by Crippen LogP contribution is 2.26. The van der Waals surface area contributed by atoms with Crippen molar-refractivity contribution >= 4 is 5.69 Å². The second kappa shape index (κ2) is 6.34. The van der Waals surface area contributed by atoms with Crippen molar-refractivity contribution in [2.45, 2.75) is 26.3 Å². The van der Waals surface area contributed by atoms with E-state index in [1.807, 2.05) is 32.0 Å². The van der Waals surface area contributed by atoms with Gasteiger partial charge in [0.05, 0.1) is 11.0 Å². The molecule has 5 heteroatoms. The van der Waals surface area contributed by atoms with Crippen LogP contribution in [-0.2, 0) is 6.42 Å². The number of nitro benzene ring substituents is 1. The van der Waals surface area contributed by atoms with E-state index in [0.717, 1.165) is 18.1 Å². The molecule has 1 aromatic heterocycles. The maximum absolute atomic E-state index is 11.1. The summed E-state index contributed by atoms with van der Waals surface area (Å²) >= 11 is 0. The second-order valence-corrected chi connectivity index (χ2v) is 4.65. The predicted octanol–water partition coefficient (Wildman–Crippen LogP) is 3.39. The molecule has 0 amide bonds. The summed E-state index contributed by atoms with van der Waals surface area (Å²) in [5.74, 6) is 1.65. The molecule has 0 fully saturated rings. The van der Waals surface area contributed by atoms with Gasteiger partial charge in [-0.25, -0.2) is 0 Å². The lowest BCUT2D eigenvalue weighted by molar-refractivity contribution is -0.385. The summed E-state index contributed by atoms with van der Waals surface area (Å²) in [6.07, 6.45) is 0.526. The number of rotatable bonds is 6. The molecule has 0 aliphatic rings. The Kier molecular flexibility index (Phi) is 4.53. The zero-order chi connectivity index (χ0) is 14.5. The molecule has 0 aliphatic heterocycles. The number of aryl methyl sites for hydroxylation is 1. The molecule has 0 saturated carbocycles. The van der Waals surface area contributed by atoms with Crippen LogP contribution in [0.1, 0.15) is 30.0 Å². The highest BCUT2D eigenvalue weighted by molar-refractivity contribution is 5.40. The number of para-hydroxylation sites is 1. The fraction of sp³-hybridized carbons (Fsp3) is 0.333. The Bertz CT molecular complexity index is 592. The highest BCUT2D eigenvalue weighted by Gasteiger charge is 2.20. The quantitative estimate of drug-likeness (QED) is 0.647. The van der Waals surface area contributed by atoms with Crippen molar-refractivity contribution in [1.82, 2.24) is 5.32 Å². The minimum Gasteiger partial charge on any atom is -0.465 e. The zero-order valence-corrected chi connectivity index (χ0v) is 11.6. The van der Waals surface area contributed by atoms with Gasteiger partial charge in [-0.2, -0.15) is 0 Å². The number of nitrogens with zero attached hydrogens (tertiary/aromatic N) is 1. The molecular formula is C15H18N2O3. The van der Waals surface area contributed by atoms with Gasteiger partial charge in [0, 0.05) is 18.1 Å². The van der Waals surface area contributed by atoms with Crippen LogP contribution in [0.5, 0.6) is 0 Å². The number of benzene rings is 1. The number of nitrogens with one attached hydrogen (secondary N) is 1. The Labute approximate surface area is 117 Å². The fourth-order valence-electron chi connectivity index (χ4n) is 2.24. The van der Waals surface area contributed by atoms with Gasteiger partial charge in [0.1, 0.15) is 11.5 Å². The molecule has 1 N–H and O–H groups in total. The zero-order valence-electron chi connectivity index (χ0n) is 11.6. The third-order valence-electron chi connectivity index (χ3n) is 3.17. The van der Waals surface area contributed by atoms with E-state index in [-0.39, 0.29) is 16.7 Å². The Balaban J connectivity index is 2.27. The first kappa shape index (κ1) is 14.3. The SMILES string of the molecule is CCNC(Cc1ccccc1[N+](=O)[O-])c1ccc(C)o1. The third-order valence-corrected chi connectivity index (χ3v) is 3.17. The van der Waals surface area contributed by atoms with Crippen molar-refractivity contribution in [2.75, 3.05) is 6.54 Å². The van der Waals surface area contributed by atoms with Gasteiger partial charge in [-0.05, 0) is 25.6 Å². The Morgan fingerprint density at radius 2 is 2.05 bits per heavy atom. The van der Waals surface area contributed by atoms with Crippen LogP contribution in [0.2, 0.25) is 0 Å². The molecule has 1 unspecified atom stereocenters. The summed E-state index contributed by atoms with van der Waals surface area (Å²) < 4.78 is 5.64. The standard InChI is InChI=1S/C15H18N2O3/c1-3-16-13(15-9-8-11(2)20-15)10-12-6-4-5-7-14(12)17(18)19/h4-9,13,16H,3,10H2,1-2H3. The first-order chi connectivity index (χ1) is 9.61. The van der Waals surface area contributed by atoms with Crippen LogP contribution in [0.25, 0.3) is 0 Å². The summed E-state index contributed by atoms with van der Waals surface area (Å²) in [6.45, 7) is 4.66. The molecule has 0 radical (unpaired) electrons. The third kappa shape index (κ3) is 3.24. The average molecular weight is 274 g/mol. The second-order valence-electron chi connectivity index (χ2n) is 4.65. The molecule has 1 heterocycles. The molecular weight excluding hydrogens is 256 g/mol. The van der Waals surface area contributed by atoms with E-state index >= 15 is 0 Å². The van der Waals surface area contributed by atoms with Crippen LogP contribution in [0.3, 0.4) is 0 Å². The van der Waals surface area contributed by atoms with Crippen molar-refractivity contribution in [1.29, 1.82) is 0 Å². The van der Waals surface area contributed by atoms with Crippen molar-refractivity contribution in [3.8, 4) is 0 Å². The van der Waals surface area contributed by atoms with Gasteiger partial charge in [0.2, 0.25) is 0 Å². The van der Waals surface area contributed by atoms with E-state index in [9.17, 15) is 10.1 Å². The van der Waals surface area contributed by atoms with Crippen LogP contribution < -0.4 is 5.32 Å².